The largest absolute Gasteiger partial charge is 0.463 e. The summed E-state index contributed by atoms with van der Waals surface area (Å²) >= 11 is 0. The highest BCUT2D eigenvalue weighted by molar-refractivity contribution is 5.72. The van der Waals surface area contributed by atoms with Crippen molar-refractivity contribution in [3.8, 4) is 0 Å². The molecule has 5 N–H and O–H groups in total. The maximum atomic E-state index is 11.8. The maximum Gasteiger partial charge on any atom is 0.309 e. The molecule has 0 fully saturated rings. The van der Waals surface area contributed by atoms with Crippen LogP contribution in [-0.4, -0.2) is 69.1 Å². The normalized spacial score (nSPS) is 18.6. The summed E-state index contributed by atoms with van der Waals surface area (Å²) in [5.74, 6) is -0.698. The molecule has 5 atom stereocenters. The lowest BCUT2D eigenvalue weighted by atomic mass is 9.99. The molecule has 0 aromatic carbocycles. The molecule has 0 aliphatic carbocycles. The second kappa shape index (κ2) is 10.9. The number of rotatable bonds is 11. The Bertz CT molecular complexity index is 284. The van der Waals surface area contributed by atoms with E-state index in [2.05, 4.69) is 0 Å². The molecule has 0 radical (unpaired) electrons. The van der Waals surface area contributed by atoms with Gasteiger partial charge < -0.3 is 30.3 Å². The summed E-state index contributed by atoms with van der Waals surface area (Å²) in [6.45, 7) is 2.66. The van der Waals surface area contributed by atoms with Crippen LogP contribution in [0.3, 0.4) is 0 Å². The van der Waals surface area contributed by atoms with E-state index in [4.69, 9.17) is 14.9 Å². The number of ether oxygens (including phenoxy) is 1. The standard InChI is InChI=1S/C14H28O7/c1-3-5-6-9(4-2)14(20)21-8-11(17)13(19)12(18)10(16)7-15/h9-13,15-19H,3-8H2,1-2H3/t9?,10-,11-,12-,13-/m1/s1. The molecule has 7 heteroatoms. The highest BCUT2D eigenvalue weighted by Gasteiger charge is 2.31. The van der Waals surface area contributed by atoms with E-state index in [-0.39, 0.29) is 5.92 Å². The highest BCUT2D eigenvalue weighted by Crippen LogP contribution is 2.15. The number of aliphatic hydroxyl groups excluding tert-OH is 5. The van der Waals surface area contributed by atoms with Gasteiger partial charge in [-0.1, -0.05) is 26.7 Å². The van der Waals surface area contributed by atoms with E-state index in [1.54, 1.807) is 0 Å². The molecular formula is C14H28O7. The molecule has 0 spiro atoms. The van der Waals surface area contributed by atoms with Crippen molar-refractivity contribution in [2.45, 2.75) is 63.9 Å². The van der Waals surface area contributed by atoms with Crippen molar-refractivity contribution in [3.63, 3.8) is 0 Å². The molecule has 0 aliphatic heterocycles. The zero-order valence-electron chi connectivity index (χ0n) is 12.7. The Morgan fingerprint density at radius 3 is 2.10 bits per heavy atom. The molecule has 0 saturated carbocycles. The average Bonchev–Trinajstić information content (AvgIpc) is 2.50. The predicted molar refractivity (Wildman–Crippen MR) is 75.4 cm³/mol. The van der Waals surface area contributed by atoms with Crippen LogP contribution in [0.15, 0.2) is 0 Å². The van der Waals surface area contributed by atoms with Crippen LogP contribution in [0.25, 0.3) is 0 Å². The smallest absolute Gasteiger partial charge is 0.309 e. The van der Waals surface area contributed by atoms with Crippen molar-refractivity contribution >= 4 is 5.97 Å². The average molecular weight is 308 g/mol. The number of carbonyl (C=O) groups excluding carboxylic acids is 1. The van der Waals surface area contributed by atoms with Crippen LogP contribution in [-0.2, 0) is 9.53 Å². The molecule has 7 nitrogen and oxygen atoms in total. The van der Waals surface area contributed by atoms with Gasteiger partial charge in [0.1, 0.15) is 31.0 Å². The lowest BCUT2D eigenvalue weighted by Gasteiger charge is -2.25. The Labute approximate surface area is 125 Å². The summed E-state index contributed by atoms with van der Waals surface area (Å²) in [4.78, 5) is 11.8. The molecule has 0 aromatic heterocycles. The minimum Gasteiger partial charge on any atom is -0.463 e. The first-order valence-corrected chi connectivity index (χ1v) is 7.38. The molecule has 0 heterocycles. The minimum atomic E-state index is -1.72. The van der Waals surface area contributed by atoms with Crippen molar-refractivity contribution in [2.24, 2.45) is 5.92 Å². The third kappa shape index (κ3) is 7.19. The quantitative estimate of drug-likeness (QED) is 0.316. The van der Waals surface area contributed by atoms with Crippen molar-refractivity contribution in [2.75, 3.05) is 13.2 Å². The van der Waals surface area contributed by atoms with Crippen LogP contribution >= 0.6 is 0 Å². The SMILES string of the molecule is CCCCC(CC)C(=O)OC[C@@H](O)[C@@H](O)[C@H](O)[C@H](O)CO. The molecule has 0 amide bonds. The summed E-state index contributed by atoms with van der Waals surface area (Å²) in [5.41, 5.74) is 0. The molecular weight excluding hydrogens is 280 g/mol. The monoisotopic (exact) mass is 308 g/mol. The molecule has 0 saturated heterocycles. The molecule has 126 valence electrons. The molecule has 1 unspecified atom stereocenters. The number of hydrogen-bond acceptors (Lipinski definition) is 7. The molecule has 0 rings (SSSR count). The molecule has 0 bridgehead atoms. The summed E-state index contributed by atoms with van der Waals surface area (Å²) in [6.07, 6.45) is -3.33. The Balaban J connectivity index is 4.26. The van der Waals surface area contributed by atoms with Crippen molar-refractivity contribution in [3.05, 3.63) is 0 Å². The first-order valence-electron chi connectivity index (χ1n) is 7.38. The third-order valence-electron chi connectivity index (χ3n) is 3.45. The fourth-order valence-corrected chi connectivity index (χ4v) is 1.89. The summed E-state index contributed by atoms with van der Waals surface area (Å²) in [5, 5.41) is 46.5. The van der Waals surface area contributed by atoms with Crippen LogP contribution in [0.5, 0.6) is 0 Å². The zero-order chi connectivity index (χ0) is 16.4. The summed E-state index contributed by atoms with van der Waals surface area (Å²) < 4.78 is 4.93. The van der Waals surface area contributed by atoms with Crippen LogP contribution in [0.4, 0.5) is 0 Å². The topological polar surface area (TPSA) is 127 Å². The van der Waals surface area contributed by atoms with Gasteiger partial charge in [-0.2, -0.15) is 0 Å². The van der Waals surface area contributed by atoms with Gasteiger partial charge >= 0.3 is 5.97 Å². The van der Waals surface area contributed by atoms with Gasteiger partial charge in [0.25, 0.3) is 0 Å². The fraction of sp³-hybridized carbons (Fsp3) is 0.929. The Morgan fingerprint density at radius 2 is 1.62 bits per heavy atom. The van der Waals surface area contributed by atoms with Gasteiger partial charge in [-0.15, -0.1) is 0 Å². The number of hydrogen-bond donors (Lipinski definition) is 5. The van der Waals surface area contributed by atoms with E-state index in [0.717, 1.165) is 12.8 Å². The van der Waals surface area contributed by atoms with E-state index in [1.807, 2.05) is 13.8 Å². The second-order valence-electron chi connectivity index (χ2n) is 5.18. The van der Waals surface area contributed by atoms with E-state index >= 15 is 0 Å². The number of esters is 1. The number of carbonyl (C=O) groups is 1. The lowest BCUT2D eigenvalue weighted by molar-refractivity contribution is -0.160. The second-order valence-corrected chi connectivity index (χ2v) is 5.18. The van der Waals surface area contributed by atoms with Crippen LogP contribution in [0, 0.1) is 5.92 Å². The zero-order valence-corrected chi connectivity index (χ0v) is 12.7. The first kappa shape index (κ1) is 20.3. The van der Waals surface area contributed by atoms with Gasteiger partial charge in [0, 0.05) is 0 Å². The van der Waals surface area contributed by atoms with Gasteiger partial charge in [0.15, 0.2) is 0 Å². The van der Waals surface area contributed by atoms with Gasteiger partial charge in [-0.3, -0.25) is 4.79 Å². The molecule has 0 aliphatic rings. The summed E-state index contributed by atoms with van der Waals surface area (Å²) in [7, 11) is 0. The van der Waals surface area contributed by atoms with Gasteiger partial charge in [-0.05, 0) is 12.8 Å². The van der Waals surface area contributed by atoms with E-state index < -0.39 is 43.6 Å². The van der Waals surface area contributed by atoms with E-state index in [0.29, 0.717) is 12.8 Å². The summed E-state index contributed by atoms with van der Waals surface area (Å²) in [6, 6.07) is 0. The minimum absolute atomic E-state index is 0.248. The highest BCUT2D eigenvalue weighted by atomic mass is 16.5. The lowest BCUT2D eigenvalue weighted by Crippen LogP contribution is -2.47. The van der Waals surface area contributed by atoms with Gasteiger partial charge in [0.2, 0.25) is 0 Å². The third-order valence-corrected chi connectivity index (χ3v) is 3.45. The van der Waals surface area contributed by atoms with E-state index in [9.17, 15) is 20.1 Å². The van der Waals surface area contributed by atoms with Gasteiger partial charge in [0.05, 0.1) is 12.5 Å². The first-order chi connectivity index (χ1) is 9.88. The molecule has 21 heavy (non-hydrogen) atoms. The van der Waals surface area contributed by atoms with Gasteiger partial charge in [-0.25, -0.2) is 0 Å². The van der Waals surface area contributed by atoms with E-state index in [1.165, 1.54) is 0 Å². The maximum absolute atomic E-state index is 11.8. The van der Waals surface area contributed by atoms with Crippen LogP contribution in [0.1, 0.15) is 39.5 Å². The number of aliphatic hydroxyl groups is 5. The Kier molecular flexibility index (Phi) is 10.5. The molecule has 0 aromatic rings. The van der Waals surface area contributed by atoms with Crippen molar-refractivity contribution < 1.29 is 35.1 Å². The fourth-order valence-electron chi connectivity index (χ4n) is 1.89. The van der Waals surface area contributed by atoms with Crippen LogP contribution in [0.2, 0.25) is 0 Å². The van der Waals surface area contributed by atoms with Crippen LogP contribution < -0.4 is 0 Å². The van der Waals surface area contributed by atoms with Crippen molar-refractivity contribution in [1.29, 1.82) is 0 Å². The predicted octanol–water partition coefficient (Wildman–Crippen LogP) is -0.818. The van der Waals surface area contributed by atoms with Crippen molar-refractivity contribution in [1.82, 2.24) is 0 Å². The Morgan fingerprint density at radius 1 is 1.05 bits per heavy atom. The Hall–Kier alpha value is -0.730. The number of unbranched alkanes of at least 4 members (excludes halogenated alkanes) is 1.